The highest BCUT2D eigenvalue weighted by Gasteiger charge is 2.23. The van der Waals surface area contributed by atoms with Gasteiger partial charge in [0.05, 0.1) is 36.5 Å². The number of aromatic nitrogens is 2. The van der Waals surface area contributed by atoms with E-state index in [0.29, 0.717) is 29.8 Å². The highest BCUT2D eigenvalue weighted by atomic mass is 32.1. The summed E-state index contributed by atoms with van der Waals surface area (Å²) in [6, 6.07) is 22.2. The van der Waals surface area contributed by atoms with E-state index in [1.54, 1.807) is 34.8 Å². The van der Waals surface area contributed by atoms with Crippen LogP contribution in [0.15, 0.2) is 98.2 Å². The number of rotatable bonds is 8. The second-order valence-corrected chi connectivity index (χ2v) is 11.4. The summed E-state index contributed by atoms with van der Waals surface area (Å²) >= 11 is 4.31. The Morgan fingerprint density at radius 3 is 1.57 bits per heavy atom. The molecule has 0 saturated heterocycles. The predicted octanol–water partition coefficient (Wildman–Crippen LogP) is 9.57. The van der Waals surface area contributed by atoms with Crippen molar-refractivity contribution < 1.29 is 18.3 Å². The first-order valence-electron chi connectivity index (χ1n) is 12.3. The molecule has 4 N–H and O–H groups in total. The molecule has 0 aliphatic heterocycles. The van der Waals surface area contributed by atoms with Crippen molar-refractivity contribution in [2.24, 2.45) is 0 Å². The number of hydrogen-bond donors (Lipinski definition) is 2. The highest BCUT2D eigenvalue weighted by molar-refractivity contribution is 7.19. The van der Waals surface area contributed by atoms with Gasteiger partial charge in [-0.15, -0.1) is 22.7 Å². The molecule has 0 fully saturated rings. The molecule has 0 saturated carbocycles. The molecule has 6 aromatic rings. The van der Waals surface area contributed by atoms with Crippen molar-refractivity contribution in [2.75, 3.05) is 18.6 Å². The summed E-state index contributed by atoms with van der Waals surface area (Å²) in [5, 5.41) is 0. The van der Waals surface area contributed by atoms with Gasteiger partial charge in [-0.25, -0.2) is 0 Å². The Bertz CT molecular complexity index is 1880. The molecule has 11 heteroatoms. The number of thiophene rings is 2. The Balaban J connectivity index is 0.00000173. The van der Waals surface area contributed by atoms with Crippen LogP contribution < -0.4 is 20.9 Å². The van der Waals surface area contributed by atoms with Gasteiger partial charge in [0.2, 0.25) is 0 Å². The van der Waals surface area contributed by atoms with Crippen molar-refractivity contribution in [1.82, 2.24) is 8.75 Å². The maximum atomic E-state index is 13.0. The summed E-state index contributed by atoms with van der Waals surface area (Å²) in [4.78, 5) is 3.97. The number of halogens is 2. The molecule has 6 rings (SSSR count). The SMILES string of the molecule is C=COc1ccc(-c2ccc(-c3c(N)c(N)c(-c4ccc(-c5ccc(OC(=C)F)cc5)s4)c4nsnc34)s2)cc1.CF. The standard InChI is InChI=1S/C30H21FN4O2S3.CH3F/c1-3-36-19-8-4-17(5-9-19)21-12-14-23(38-21)25-27(32)28(33)26(30-29(25)34-40-35-30)24-15-13-22(39-24)18-6-10-20(11-7-18)37-16(2)31;1-2/h3-15H,1-2,32-33H2;1H3. The number of ether oxygens (including phenoxy) is 2. The molecule has 212 valence electrons. The van der Waals surface area contributed by atoms with Crippen molar-refractivity contribution in [3.63, 3.8) is 0 Å². The summed E-state index contributed by atoms with van der Waals surface area (Å²) in [6.07, 6.45) is 1.40. The first kappa shape index (κ1) is 28.9. The largest absolute Gasteiger partial charge is 0.466 e. The van der Waals surface area contributed by atoms with E-state index in [1.165, 1.54) is 6.26 Å². The molecular formula is C31H24F2N4O2S3. The molecule has 0 bridgehead atoms. The minimum absolute atomic E-state index is 0.381. The molecule has 3 aromatic heterocycles. The number of nitrogen functional groups attached to an aromatic ring is 2. The Hall–Kier alpha value is -4.58. The van der Waals surface area contributed by atoms with Gasteiger partial charge in [0, 0.05) is 30.6 Å². The quantitative estimate of drug-likeness (QED) is 0.130. The number of hydrogen-bond acceptors (Lipinski definition) is 9. The van der Waals surface area contributed by atoms with Crippen LogP contribution in [0.1, 0.15) is 0 Å². The van der Waals surface area contributed by atoms with Gasteiger partial charge in [-0.3, -0.25) is 4.39 Å². The number of fused-ring (bicyclic) bond motifs is 1. The number of nitrogens with two attached hydrogens (primary N) is 2. The summed E-state index contributed by atoms with van der Waals surface area (Å²) in [5.41, 5.74) is 19.3. The van der Waals surface area contributed by atoms with Crippen molar-refractivity contribution >= 4 is 56.8 Å². The molecule has 42 heavy (non-hydrogen) atoms. The Labute approximate surface area is 253 Å². The maximum absolute atomic E-state index is 13.0. The zero-order valence-electron chi connectivity index (χ0n) is 22.3. The topological polar surface area (TPSA) is 96.3 Å². The van der Waals surface area contributed by atoms with Gasteiger partial charge < -0.3 is 20.9 Å². The van der Waals surface area contributed by atoms with Crippen LogP contribution in [0, 0.1) is 0 Å². The van der Waals surface area contributed by atoms with Crippen LogP contribution >= 0.6 is 34.4 Å². The van der Waals surface area contributed by atoms with Crippen molar-refractivity contribution in [3.8, 4) is 53.3 Å². The van der Waals surface area contributed by atoms with Crippen LogP contribution in [-0.2, 0) is 0 Å². The van der Waals surface area contributed by atoms with E-state index in [0.717, 1.165) is 64.8 Å². The second-order valence-electron chi connectivity index (χ2n) is 8.66. The number of alkyl halides is 1. The third-order valence-corrected chi connectivity index (χ3v) is 9.05. The fourth-order valence-electron chi connectivity index (χ4n) is 4.40. The van der Waals surface area contributed by atoms with E-state index in [4.69, 9.17) is 20.9 Å². The van der Waals surface area contributed by atoms with Crippen LogP contribution in [0.3, 0.4) is 0 Å². The fraction of sp³-hybridized carbons (Fsp3) is 0.0323. The Kier molecular flexibility index (Phi) is 8.62. The van der Waals surface area contributed by atoms with Gasteiger partial charge in [-0.05, 0) is 90.5 Å². The number of benzene rings is 3. The van der Waals surface area contributed by atoms with Gasteiger partial charge in [-0.1, -0.05) is 6.58 Å². The third-order valence-electron chi connectivity index (χ3n) is 6.22. The summed E-state index contributed by atoms with van der Waals surface area (Å²) < 4.78 is 42.0. The van der Waals surface area contributed by atoms with Crippen LogP contribution in [0.4, 0.5) is 20.2 Å². The first-order valence-corrected chi connectivity index (χ1v) is 14.7. The van der Waals surface area contributed by atoms with Gasteiger partial charge in [-0.2, -0.15) is 13.1 Å². The van der Waals surface area contributed by atoms with Gasteiger partial charge >= 0.3 is 0 Å². The van der Waals surface area contributed by atoms with E-state index in [-0.39, 0.29) is 0 Å². The minimum Gasteiger partial charge on any atom is -0.466 e. The van der Waals surface area contributed by atoms with Crippen molar-refractivity contribution in [2.45, 2.75) is 0 Å². The second kappa shape index (κ2) is 12.5. The smallest absolute Gasteiger partial charge is 0.270 e. The lowest BCUT2D eigenvalue weighted by molar-refractivity contribution is 0.305. The third kappa shape index (κ3) is 5.62. The molecule has 6 nitrogen and oxygen atoms in total. The summed E-state index contributed by atoms with van der Waals surface area (Å²) in [6.45, 7) is 6.72. The van der Waals surface area contributed by atoms with Gasteiger partial charge in [0.25, 0.3) is 6.01 Å². The van der Waals surface area contributed by atoms with E-state index < -0.39 is 6.01 Å². The lowest BCUT2D eigenvalue weighted by atomic mass is 10.0. The average molecular weight is 619 g/mol. The molecule has 0 aliphatic rings. The predicted molar refractivity (Wildman–Crippen MR) is 172 cm³/mol. The van der Waals surface area contributed by atoms with Crippen LogP contribution in [0.2, 0.25) is 0 Å². The van der Waals surface area contributed by atoms with Gasteiger partial charge in [0.15, 0.2) is 0 Å². The Morgan fingerprint density at radius 1 is 0.714 bits per heavy atom. The minimum atomic E-state index is -0.852. The zero-order valence-corrected chi connectivity index (χ0v) is 24.7. The molecule has 0 radical (unpaired) electrons. The van der Waals surface area contributed by atoms with Crippen molar-refractivity contribution in [3.05, 3.63) is 98.2 Å². The lowest BCUT2D eigenvalue weighted by Crippen LogP contribution is -2.00. The lowest BCUT2D eigenvalue weighted by Gasteiger charge is -2.12. The zero-order chi connectivity index (χ0) is 29.8. The average Bonchev–Trinajstić information content (AvgIpc) is 3.78. The molecule has 0 atom stereocenters. The number of nitrogens with zero attached hydrogens (tertiary/aromatic N) is 2. The van der Waals surface area contributed by atoms with Gasteiger partial charge in [0.1, 0.15) is 22.5 Å². The van der Waals surface area contributed by atoms with E-state index in [2.05, 4.69) is 28.0 Å². The van der Waals surface area contributed by atoms with E-state index in [1.807, 2.05) is 54.6 Å². The van der Waals surface area contributed by atoms with E-state index in [9.17, 15) is 8.78 Å². The maximum Gasteiger partial charge on any atom is 0.270 e. The highest BCUT2D eigenvalue weighted by Crippen LogP contribution is 2.49. The molecular weight excluding hydrogens is 595 g/mol. The molecule has 3 aromatic carbocycles. The molecule has 0 unspecified atom stereocenters. The van der Waals surface area contributed by atoms with Crippen LogP contribution in [-0.4, -0.2) is 15.9 Å². The molecule has 0 amide bonds. The van der Waals surface area contributed by atoms with Crippen LogP contribution in [0.25, 0.3) is 52.8 Å². The Morgan fingerprint density at radius 2 is 1.14 bits per heavy atom. The monoisotopic (exact) mass is 618 g/mol. The first-order chi connectivity index (χ1) is 20.4. The summed E-state index contributed by atoms with van der Waals surface area (Å²) in [7, 11) is 0.500. The molecule has 0 aliphatic carbocycles. The van der Waals surface area contributed by atoms with Crippen molar-refractivity contribution in [1.29, 1.82) is 0 Å². The molecule has 0 spiro atoms. The van der Waals surface area contributed by atoms with E-state index >= 15 is 0 Å². The normalized spacial score (nSPS) is 10.6. The molecule has 3 heterocycles. The van der Waals surface area contributed by atoms with Crippen LogP contribution in [0.5, 0.6) is 11.5 Å². The number of anilines is 2. The summed E-state index contributed by atoms with van der Waals surface area (Å²) in [5.74, 6) is 1.11. The fourth-order valence-corrected chi connectivity index (χ4v) is 7.11.